The number of carboxylic acids is 2. The molecule has 0 spiro atoms. The average Bonchev–Trinajstić information content (AvgIpc) is 2.13. The second-order valence-electron chi connectivity index (χ2n) is 3.08. The highest BCUT2D eigenvalue weighted by Crippen LogP contribution is 1.97. The highest BCUT2D eigenvalue weighted by atomic mass is 16.4. The van der Waals surface area contributed by atoms with Gasteiger partial charge in [0.2, 0.25) is 0 Å². The highest BCUT2D eigenvalue weighted by Gasteiger charge is 2.07. The van der Waals surface area contributed by atoms with Crippen LogP contribution in [0.4, 0.5) is 0 Å². The minimum Gasteiger partial charge on any atom is -0.481 e. The van der Waals surface area contributed by atoms with Gasteiger partial charge in [0.1, 0.15) is 0 Å². The van der Waals surface area contributed by atoms with E-state index in [1.54, 1.807) is 4.90 Å². The maximum atomic E-state index is 10.3. The Kier molecular flexibility index (Phi) is 6.93. The smallest absolute Gasteiger partial charge is 0.304 e. The summed E-state index contributed by atoms with van der Waals surface area (Å²) in [5.41, 5.74) is 0. The van der Waals surface area contributed by atoms with Crippen molar-refractivity contribution in [1.82, 2.24) is 4.90 Å². The predicted molar refractivity (Wildman–Crippen MR) is 51.2 cm³/mol. The number of hydrogen-bond donors (Lipinski definition) is 2. The Labute approximate surface area is 87.7 Å². The quantitative estimate of drug-likeness (QED) is 0.558. The molecule has 0 aliphatic heterocycles. The third-order valence-corrected chi connectivity index (χ3v) is 1.80. The first-order chi connectivity index (χ1) is 7.06. The van der Waals surface area contributed by atoms with Gasteiger partial charge in [-0.25, -0.2) is 0 Å². The van der Waals surface area contributed by atoms with Crippen LogP contribution in [-0.2, 0) is 9.59 Å². The van der Waals surface area contributed by atoms with Gasteiger partial charge in [0, 0.05) is 13.0 Å². The fourth-order valence-corrected chi connectivity index (χ4v) is 1.08. The lowest BCUT2D eigenvalue weighted by Gasteiger charge is -2.16. The van der Waals surface area contributed by atoms with E-state index in [-0.39, 0.29) is 25.9 Å². The van der Waals surface area contributed by atoms with E-state index in [0.717, 1.165) is 0 Å². The predicted octanol–water partition coefficient (Wildman–Crippen LogP) is 0.151. The Hall–Kier alpha value is -1.61. The zero-order valence-electron chi connectivity index (χ0n) is 8.35. The second-order valence-corrected chi connectivity index (χ2v) is 3.08. The third-order valence-electron chi connectivity index (χ3n) is 1.80. The van der Waals surface area contributed by atoms with Crippen LogP contribution in [0.15, 0.2) is 0 Å². The van der Waals surface area contributed by atoms with Gasteiger partial charge in [-0.15, -0.1) is 0 Å². The maximum absolute atomic E-state index is 10.3. The molecule has 84 valence electrons. The van der Waals surface area contributed by atoms with E-state index in [2.05, 4.69) is 0 Å². The zero-order chi connectivity index (χ0) is 11.7. The Morgan fingerprint density at radius 2 is 1.73 bits per heavy atom. The first kappa shape index (κ1) is 13.4. The lowest BCUT2D eigenvalue weighted by atomic mass is 10.3. The van der Waals surface area contributed by atoms with Gasteiger partial charge in [-0.3, -0.25) is 14.5 Å². The van der Waals surface area contributed by atoms with Crippen LogP contribution in [0.1, 0.15) is 19.3 Å². The molecule has 0 unspecified atom stereocenters. The lowest BCUT2D eigenvalue weighted by Crippen LogP contribution is -2.28. The van der Waals surface area contributed by atoms with Crippen LogP contribution < -0.4 is 0 Å². The standard InChI is InChI=1S/C9H14N2O4/c10-4-7-11(6-3-9(14)15)5-1-2-8(12)13/h1-3,5-7H2,(H,12,13)(H,14,15). The molecule has 0 fully saturated rings. The number of carboxylic acid groups (broad SMARTS) is 2. The van der Waals surface area contributed by atoms with Gasteiger partial charge in [0.25, 0.3) is 0 Å². The molecule has 0 atom stereocenters. The SMILES string of the molecule is N#CCN(CCCC(=O)O)CCC(=O)O. The Morgan fingerprint density at radius 3 is 2.20 bits per heavy atom. The van der Waals surface area contributed by atoms with E-state index in [0.29, 0.717) is 13.0 Å². The number of nitrogens with zero attached hydrogens (tertiary/aromatic N) is 2. The summed E-state index contributed by atoms with van der Waals surface area (Å²) < 4.78 is 0. The lowest BCUT2D eigenvalue weighted by molar-refractivity contribution is -0.138. The zero-order valence-corrected chi connectivity index (χ0v) is 8.35. The van der Waals surface area contributed by atoms with Crippen LogP contribution in [0.5, 0.6) is 0 Å². The van der Waals surface area contributed by atoms with Crippen molar-refractivity contribution >= 4 is 11.9 Å². The summed E-state index contributed by atoms with van der Waals surface area (Å²) in [5, 5.41) is 25.3. The first-order valence-electron chi connectivity index (χ1n) is 4.59. The average molecular weight is 214 g/mol. The minimum absolute atomic E-state index is 0.0330. The molecule has 0 aromatic heterocycles. The van der Waals surface area contributed by atoms with E-state index in [4.69, 9.17) is 15.5 Å². The molecule has 0 aromatic rings. The van der Waals surface area contributed by atoms with Crippen LogP contribution in [0.25, 0.3) is 0 Å². The van der Waals surface area contributed by atoms with Crippen molar-refractivity contribution in [3.8, 4) is 6.07 Å². The van der Waals surface area contributed by atoms with Crippen LogP contribution in [0.2, 0.25) is 0 Å². The summed E-state index contributed by atoms with van der Waals surface area (Å²) in [4.78, 5) is 22.1. The fourth-order valence-electron chi connectivity index (χ4n) is 1.08. The summed E-state index contributed by atoms with van der Waals surface area (Å²) in [5.74, 6) is -1.80. The molecule has 0 saturated heterocycles. The van der Waals surface area contributed by atoms with Crippen molar-refractivity contribution in [2.24, 2.45) is 0 Å². The summed E-state index contributed by atoms with van der Waals surface area (Å²) in [6.45, 7) is 0.850. The molecule has 0 radical (unpaired) electrons. The molecule has 2 N–H and O–H groups in total. The summed E-state index contributed by atoms with van der Waals surface area (Å²) >= 11 is 0. The number of aliphatic carboxylic acids is 2. The third kappa shape index (κ3) is 8.71. The minimum atomic E-state index is -0.920. The fraction of sp³-hybridized carbons (Fsp3) is 0.667. The number of rotatable bonds is 8. The largest absolute Gasteiger partial charge is 0.481 e. The van der Waals surface area contributed by atoms with E-state index >= 15 is 0 Å². The van der Waals surface area contributed by atoms with Gasteiger partial charge in [0.05, 0.1) is 19.0 Å². The summed E-state index contributed by atoms with van der Waals surface area (Å²) in [6, 6.07) is 1.92. The van der Waals surface area contributed by atoms with Crippen LogP contribution in [-0.4, -0.2) is 46.7 Å². The van der Waals surface area contributed by atoms with Crippen molar-refractivity contribution in [1.29, 1.82) is 5.26 Å². The highest BCUT2D eigenvalue weighted by molar-refractivity contribution is 5.67. The number of hydrogen-bond acceptors (Lipinski definition) is 4. The Morgan fingerprint density at radius 1 is 1.13 bits per heavy atom. The van der Waals surface area contributed by atoms with Gasteiger partial charge in [-0.1, -0.05) is 0 Å². The molecule has 0 saturated carbocycles. The summed E-state index contributed by atoms with van der Waals surface area (Å²) in [6.07, 6.45) is 0.431. The van der Waals surface area contributed by atoms with Crippen molar-refractivity contribution in [2.45, 2.75) is 19.3 Å². The molecule has 0 rings (SSSR count). The molecule has 0 bridgehead atoms. The second kappa shape index (κ2) is 7.76. The van der Waals surface area contributed by atoms with E-state index < -0.39 is 11.9 Å². The molecular formula is C9H14N2O4. The van der Waals surface area contributed by atoms with Gasteiger partial charge < -0.3 is 10.2 Å². The molecule has 6 nitrogen and oxygen atoms in total. The molecule has 6 heteroatoms. The van der Waals surface area contributed by atoms with Gasteiger partial charge in [-0.05, 0) is 13.0 Å². The van der Waals surface area contributed by atoms with E-state index in [1.165, 1.54) is 0 Å². The van der Waals surface area contributed by atoms with E-state index in [1.807, 2.05) is 6.07 Å². The van der Waals surface area contributed by atoms with Crippen molar-refractivity contribution in [3.05, 3.63) is 0 Å². The molecular weight excluding hydrogens is 200 g/mol. The monoisotopic (exact) mass is 214 g/mol. The normalized spacial score (nSPS) is 9.87. The van der Waals surface area contributed by atoms with Gasteiger partial charge >= 0.3 is 11.9 Å². The summed E-state index contributed by atoms with van der Waals surface area (Å²) in [7, 11) is 0. The van der Waals surface area contributed by atoms with Crippen LogP contribution in [0.3, 0.4) is 0 Å². The Balaban J connectivity index is 3.78. The van der Waals surface area contributed by atoms with Crippen LogP contribution in [0, 0.1) is 11.3 Å². The van der Waals surface area contributed by atoms with Crippen molar-refractivity contribution in [3.63, 3.8) is 0 Å². The molecule has 0 aliphatic carbocycles. The maximum Gasteiger partial charge on any atom is 0.304 e. The van der Waals surface area contributed by atoms with Gasteiger partial charge in [-0.2, -0.15) is 5.26 Å². The molecule has 0 aromatic carbocycles. The van der Waals surface area contributed by atoms with Crippen molar-refractivity contribution in [2.75, 3.05) is 19.6 Å². The number of carbonyl (C=O) groups is 2. The van der Waals surface area contributed by atoms with E-state index in [9.17, 15) is 9.59 Å². The molecule has 15 heavy (non-hydrogen) atoms. The Bertz CT molecular complexity index is 259. The van der Waals surface area contributed by atoms with Crippen molar-refractivity contribution < 1.29 is 19.8 Å². The number of nitriles is 1. The van der Waals surface area contributed by atoms with Gasteiger partial charge in [0.15, 0.2) is 0 Å². The van der Waals surface area contributed by atoms with Crippen LogP contribution >= 0.6 is 0 Å². The molecule has 0 aliphatic rings. The molecule has 0 amide bonds. The first-order valence-corrected chi connectivity index (χ1v) is 4.59. The molecule has 0 heterocycles. The topological polar surface area (TPSA) is 102 Å².